The second-order valence-electron chi connectivity index (χ2n) is 9.89. The van der Waals surface area contributed by atoms with Crippen LogP contribution in [0.1, 0.15) is 31.9 Å². The zero-order chi connectivity index (χ0) is 26.8. The minimum absolute atomic E-state index is 0.252. The molecule has 2 aromatic heterocycles. The molecule has 6 rings (SSSR count). The predicted molar refractivity (Wildman–Crippen MR) is 160 cm³/mol. The molecule has 0 aliphatic carbocycles. The van der Waals surface area contributed by atoms with Crippen molar-refractivity contribution in [2.24, 2.45) is 0 Å². The molecule has 0 bridgehead atoms. The van der Waals surface area contributed by atoms with Crippen LogP contribution in [0.2, 0.25) is 0 Å². The van der Waals surface area contributed by atoms with E-state index in [4.69, 9.17) is 4.98 Å². The van der Waals surface area contributed by atoms with Crippen LogP contribution in [0.4, 0.5) is 0 Å². The van der Waals surface area contributed by atoms with Crippen molar-refractivity contribution >= 4 is 32.0 Å². The molecular formula is C34H30N2O2S. The van der Waals surface area contributed by atoms with E-state index in [1.165, 1.54) is 9.54 Å². The van der Waals surface area contributed by atoms with E-state index in [1.807, 2.05) is 48.5 Å². The number of hydrogen-bond donors (Lipinski definition) is 0. The first-order valence-electron chi connectivity index (χ1n) is 13.5. The van der Waals surface area contributed by atoms with Crippen LogP contribution >= 0.6 is 0 Å². The van der Waals surface area contributed by atoms with Crippen LogP contribution in [0.3, 0.4) is 0 Å². The number of fused-ring (bicyclic) bond motifs is 3. The van der Waals surface area contributed by atoms with E-state index in [0.29, 0.717) is 11.2 Å². The van der Waals surface area contributed by atoms with Crippen molar-refractivity contribution < 1.29 is 8.42 Å². The van der Waals surface area contributed by atoms with Gasteiger partial charge in [0.1, 0.15) is 0 Å². The topological polar surface area (TPSA) is 52.0 Å². The van der Waals surface area contributed by atoms with Gasteiger partial charge in [0.25, 0.3) is 10.0 Å². The van der Waals surface area contributed by atoms with Gasteiger partial charge in [0.05, 0.1) is 10.4 Å². The lowest BCUT2D eigenvalue weighted by atomic mass is 9.99. The highest BCUT2D eigenvalue weighted by Crippen LogP contribution is 2.35. The molecule has 0 saturated heterocycles. The quantitative estimate of drug-likeness (QED) is 0.185. The normalized spacial score (nSPS) is 11.8. The molecule has 0 saturated carbocycles. The Balaban J connectivity index is 1.50. The molecule has 0 N–H and O–H groups in total. The zero-order valence-electron chi connectivity index (χ0n) is 21.9. The summed E-state index contributed by atoms with van der Waals surface area (Å²) in [5.74, 6) is 0. The van der Waals surface area contributed by atoms with Crippen LogP contribution in [0, 0.1) is 0 Å². The number of rotatable bonds is 8. The summed E-state index contributed by atoms with van der Waals surface area (Å²) in [7, 11) is -3.85. The van der Waals surface area contributed by atoms with Crippen molar-refractivity contribution in [1.82, 2.24) is 8.96 Å². The third-order valence-corrected chi connectivity index (χ3v) is 8.99. The lowest BCUT2D eigenvalue weighted by Gasteiger charge is -2.10. The van der Waals surface area contributed by atoms with Crippen LogP contribution in [0.15, 0.2) is 120 Å². The van der Waals surface area contributed by atoms with Gasteiger partial charge in [-0.2, -0.15) is 0 Å². The van der Waals surface area contributed by atoms with Crippen molar-refractivity contribution in [3.63, 3.8) is 0 Å². The highest BCUT2D eigenvalue weighted by atomic mass is 32.2. The van der Waals surface area contributed by atoms with E-state index in [-0.39, 0.29) is 4.90 Å². The Morgan fingerprint density at radius 2 is 1.26 bits per heavy atom. The molecule has 0 radical (unpaired) electrons. The van der Waals surface area contributed by atoms with Crippen molar-refractivity contribution in [2.45, 2.75) is 37.5 Å². The van der Waals surface area contributed by atoms with Gasteiger partial charge >= 0.3 is 0 Å². The molecule has 6 aromatic rings. The number of nitrogens with zero attached hydrogens (tertiary/aromatic N) is 2. The van der Waals surface area contributed by atoms with Crippen molar-refractivity contribution in [2.75, 3.05) is 0 Å². The van der Waals surface area contributed by atoms with Gasteiger partial charge in [0, 0.05) is 16.5 Å². The number of pyridine rings is 1. The smallest absolute Gasteiger partial charge is 0.234 e. The fourth-order valence-electron chi connectivity index (χ4n) is 5.20. The SMILES string of the molecule is CCCCCc1ccc2c3cc(-c4ccc(-c5ccccc5)cc4)ccc3n(S(=O)(=O)c3ccccc3)c2n1. The minimum Gasteiger partial charge on any atom is -0.234 e. The summed E-state index contributed by atoms with van der Waals surface area (Å²) in [4.78, 5) is 5.16. The molecule has 5 heteroatoms. The molecule has 0 aliphatic heterocycles. The monoisotopic (exact) mass is 530 g/mol. The standard InChI is InChI=1S/C34H30N2O2S/c1-2-3-6-13-29-21-22-31-32-24-28(27-18-16-26(17-19-27)25-11-7-4-8-12-25)20-23-33(32)36(34(31)35-29)39(37,38)30-14-9-5-10-15-30/h4-5,7-12,14-24H,2-3,6,13H2,1H3. The maximum Gasteiger partial charge on any atom is 0.269 e. The highest BCUT2D eigenvalue weighted by molar-refractivity contribution is 7.90. The van der Waals surface area contributed by atoms with Gasteiger partial charge in [0.2, 0.25) is 0 Å². The number of hydrogen-bond acceptors (Lipinski definition) is 3. The van der Waals surface area contributed by atoms with Gasteiger partial charge in [-0.25, -0.2) is 17.4 Å². The van der Waals surface area contributed by atoms with Gasteiger partial charge in [-0.15, -0.1) is 0 Å². The zero-order valence-corrected chi connectivity index (χ0v) is 22.7. The minimum atomic E-state index is -3.85. The second kappa shape index (κ2) is 10.5. The number of aromatic nitrogens is 2. The van der Waals surface area contributed by atoms with Crippen molar-refractivity contribution in [1.29, 1.82) is 0 Å². The summed E-state index contributed by atoms with van der Waals surface area (Å²) in [6.45, 7) is 2.17. The third-order valence-electron chi connectivity index (χ3n) is 7.27. The fourth-order valence-corrected chi connectivity index (χ4v) is 6.69. The van der Waals surface area contributed by atoms with Gasteiger partial charge in [-0.1, -0.05) is 98.6 Å². The van der Waals surface area contributed by atoms with Crippen molar-refractivity contribution in [3.05, 3.63) is 121 Å². The first-order valence-corrected chi connectivity index (χ1v) is 14.9. The Bertz CT molecular complexity index is 1860. The summed E-state index contributed by atoms with van der Waals surface area (Å²) in [6, 6.07) is 37.5. The number of unbranched alkanes of at least 4 members (excludes halogenated alkanes) is 2. The van der Waals surface area contributed by atoms with Gasteiger partial charge in [0.15, 0.2) is 5.65 Å². The lowest BCUT2D eigenvalue weighted by Crippen LogP contribution is -2.13. The predicted octanol–water partition coefficient (Wildman–Crippen LogP) is 8.49. The summed E-state index contributed by atoms with van der Waals surface area (Å²) in [5.41, 5.74) is 6.48. The summed E-state index contributed by atoms with van der Waals surface area (Å²) >= 11 is 0. The molecule has 0 fully saturated rings. The molecule has 0 atom stereocenters. The maximum atomic E-state index is 13.9. The van der Waals surface area contributed by atoms with E-state index < -0.39 is 10.0 Å². The molecule has 0 spiro atoms. The van der Waals surface area contributed by atoms with E-state index in [1.54, 1.807) is 24.3 Å². The molecule has 4 nitrogen and oxygen atoms in total. The molecular weight excluding hydrogens is 500 g/mol. The third kappa shape index (κ3) is 4.75. The van der Waals surface area contributed by atoms with Crippen LogP contribution < -0.4 is 0 Å². The first kappa shape index (κ1) is 25.1. The Morgan fingerprint density at radius 1 is 0.641 bits per heavy atom. The van der Waals surface area contributed by atoms with Crippen LogP contribution in [0.5, 0.6) is 0 Å². The molecule has 0 unspecified atom stereocenters. The summed E-state index contributed by atoms with van der Waals surface area (Å²) in [5, 5.41) is 1.72. The second-order valence-corrected chi connectivity index (χ2v) is 11.7. The van der Waals surface area contributed by atoms with Crippen LogP contribution in [-0.4, -0.2) is 17.4 Å². The number of benzene rings is 4. The Hall–Kier alpha value is -4.22. The first-order chi connectivity index (χ1) is 19.1. The lowest BCUT2D eigenvalue weighted by molar-refractivity contribution is 0.590. The molecule has 39 heavy (non-hydrogen) atoms. The highest BCUT2D eigenvalue weighted by Gasteiger charge is 2.24. The van der Waals surface area contributed by atoms with Crippen LogP contribution in [0.25, 0.3) is 44.2 Å². The number of aryl methyl sites for hydroxylation is 1. The summed E-state index contributed by atoms with van der Waals surface area (Å²) in [6.07, 6.45) is 4.11. The van der Waals surface area contributed by atoms with Crippen LogP contribution in [-0.2, 0) is 16.4 Å². The Morgan fingerprint density at radius 3 is 1.95 bits per heavy atom. The average molecular weight is 531 g/mol. The van der Waals surface area contributed by atoms with Gasteiger partial charge in [-0.05, 0) is 71.5 Å². The molecule has 0 amide bonds. The Kier molecular flexibility index (Phi) is 6.76. The maximum absolute atomic E-state index is 13.9. The van der Waals surface area contributed by atoms with E-state index in [9.17, 15) is 8.42 Å². The largest absolute Gasteiger partial charge is 0.269 e. The molecule has 2 heterocycles. The molecule has 0 aliphatic rings. The fraction of sp³-hybridized carbons (Fsp3) is 0.147. The van der Waals surface area contributed by atoms with Gasteiger partial charge < -0.3 is 0 Å². The average Bonchev–Trinajstić information content (AvgIpc) is 3.32. The Labute approximate surface area is 229 Å². The molecule has 194 valence electrons. The van der Waals surface area contributed by atoms with E-state index >= 15 is 0 Å². The molecule has 4 aromatic carbocycles. The van der Waals surface area contributed by atoms with E-state index in [2.05, 4.69) is 49.4 Å². The summed E-state index contributed by atoms with van der Waals surface area (Å²) < 4.78 is 29.3. The van der Waals surface area contributed by atoms with E-state index in [0.717, 1.165) is 58.8 Å². The van der Waals surface area contributed by atoms with Crippen molar-refractivity contribution in [3.8, 4) is 22.3 Å². The van der Waals surface area contributed by atoms with Gasteiger partial charge in [-0.3, -0.25) is 0 Å².